The number of rotatable bonds is 23. The van der Waals surface area contributed by atoms with Gasteiger partial charge in [-0.3, -0.25) is 24.4 Å². The van der Waals surface area contributed by atoms with Gasteiger partial charge in [0.25, 0.3) is 11.8 Å². The first-order valence-corrected chi connectivity index (χ1v) is 19.6. The van der Waals surface area contributed by atoms with Crippen molar-refractivity contribution in [2.45, 2.75) is 78.3 Å². The average molecular weight is 867 g/mol. The lowest BCUT2D eigenvalue weighted by atomic mass is 9.98. The standard InChI is InChI=1S/C42H58N8O12/c1-22(2)12-14-24-28(60-20-32(51)49-26(39(55)58-6)10-8-16-47-41(43)44)18-30-35(36(24)53)37(54)34-25(15-13-23(3)4)38(57-5)31(19-29(34)62-30)61-21-33(52)50-27(40(56)59-7)11-9-17-48-42(45)46/h12-13,18-19,26-27,53H,8-11,14-17,20-21H2,1-7H3,(H,49,51)(H,50,52)(H4,43,44,47)(H4,45,46,48)/t26-,27+/m1/s1. The van der Waals surface area contributed by atoms with Crippen LogP contribution in [-0.2, 0) is 41.5 Å². The van der Waals surface area contributed by atoms with Crippen LogP contribution in [0, 0.1) is 0 Å². The first-order valence-electron chi connectivity index (χ1n) is 19.6. The van der Waals surface area contributed by atoms with Gasteiger partial charge in [-0.15, -0.1) is 0 Å². The predicted molar refractivity (Wildman–Crippen MR) is 233 cm³/mol. The van der Waals surface area contributed by atoms with Gasteiger partial charge in [0.05, 0.1) is 26.7 Å². The van der Waals surface area contributed by atoms with Crippen LogP contribution in [0.3, 0.4) is 0 Å². The van der Waals surface area contributed by atoms with Crippen LogP contribution < -0.4 is 53.2 Å². The largest absolute Gasteiger partial charge is 0.507 e. The van der Waals surface area contributed by atoms with Crippen molar-refractivity contribution in [2.75, 3.05) is 47.6 Å². The van der Waals surface area contributed by atoms with Gasteiger partial charge in [-0.2, -0.15) is 0 Å². The molecule has 0 radical (unpaired) electrons. The van der Waals surface area contributed by atoms with Crippen molar-refractivity contribution >= 4 is 57.6 Å². The van der Waals surface area contributed by atoms with Crippen LogP contribution in [-0.4, -0.2) is 100 Å². The van der Waals surface area contributed by atoms with Gasteiger partial charge in [-0.25, -0.2) is 9.59 Å². The Morgan fingerprint density at radius 1 is 0.726 bits per heavy atom. The summed E-state index contributed by atoms with van der Waals surface area (Å²) in [5.74, 6) is -3.16. The van der Waals surface area contributed by atoms with E-state index in [9.17, 15) is 29.1 Å². The molecular formula is C42H58N8O12. The Morgan fingerprint density at radius 2 is 1.18 bits per heavy atom. The molecule has 3 aromatic rings. The van der Waals surface area contributed by atoms with Gasteiger partial charge in [0, 0.05) is 36.3 Å². The fraction of sp³-hybridized carbons (Fsp3) is 0.452. The van der Waals surface area contributed by atoms with Crippen molar-refractivity contribution in [2.24, 2.45) is 32.9 Å². The Hall–Kier alpha value is -6.99. The van der Waals surface area contributed by atoms with Gasteiger partial charge < -0.3 is 66.8 Å². The van der Waals surface area contributed by atoms with E-state index >= 15 is 0 Å². The smallest absolute Gasteiger partial charge is 0.328 e. The number of esters is 2. The summed E-state index contributed by atoms with van der Waals surface area (Å²) in [6.45, 7) is 6.74. The molecular weight excluding hydrogens is 809 g/mol. The Morgan fingerprint density at radius 3 is 1.63 bits per heavy atom. The summed E-state index contributed by atoms with van der Waals surface area (Å²) >= 11 is 0. The van der Waals surface area contributed by atoms with Crippen molar-refractivity contribution in [3.05, 3.63) is 56.8 Å². The van der Waals surface area contributed by atoms with Crippen molar-refractivity contribution in [1.29, 1.82) is 0 Å². The number of guanidine groups is 2. The second-order valence-electron chi connectivity index (χ2n) is 14.5. The van der Waals surface area contributed by atoms with Crippen molar-refractivity contribution in [3.63, 3.8) is 0 Å². The lowest BCUT2D eigenvalue weighted by Crippen LogP contribution is -2.43. The van der Waals surface area contributed by atoms with E-state index in [-0.39, 0.29) is 95.4 Å². The Bertz CT molecular complexity index is 2280. The number of nitrogens with two attached hydrogens (primary N) is 4. The zero-order chi connectivity index (χ0) is 46.1. The van der Waals surface area contributed by atoms with Gasteiger partial charge in [0.15, 0.2) is 36.6 Å². The van der Waals surface area contributed by atoms with Crippen LogP contribution in [0.4, 0.5) is 0 Å². The lowest BCUT2D eigenvalue weighted by molar-refractivity contribution is -0.145. The number of phenols is 1. The molecule has 0 aliphatic heterocycles. The molecule has 0 fully saturated rings. The molecule has 1 aromatic heterocycles. The van der Waals surface area contributed by atoms with Crippen LogP contribution in [0.1, 0.15) is 64.5 Å². The number of phenolic OH excluding ortho intramolecular Hbond substituents is 1. The SMILES string of the molecule is COC(=O)[C@H](CCCN=C(N)N)NC(=O)COc1cc2oc3cc(OCC(=O)N[C@H](CCCN=C(N)N)C(=O)OC)c(CC=C(C)C)c(O)c3c(=O)c2c(CC=C(C)C)c1OC. The topological polar surface area (TPSA) is 318 Å². The highest BCUT2D eigenvalue weighted by Gasteiger charge is 2.27. The van der Waals surface area contributed by atoms with Crippen LogP contribution in [0.2, 0.25) is 0 Å². The molecule has 0 aliphatic rings. The quantitative estimate of drug-likeness (QED) is 0.0179. The van der Waals surface area contributed by atoms with Crippen LogP contribution in [0.5, 0.6) is 23.0 Å². The molecule has 3 rings (SSSR count). The molecule has 0 aliphatic carbocycles. The number of amides is 2. The fourth-order valence-corrected chi connectivity index (χ4v) is 6.22. The summed E-state index contributed by atoms with van der Waals surface area (Å²) in [5, 5.41) is 16.9. The summed E-state index contributed by atoms with van der Waals surface area (Å²) < 4.78 is 33.7. The van der Waals surface area contributed by atoms with E-state index in [1.807, 2.05) is 39.8 Å². The van der Waals surface area contributed by atoms with E-state index in [0.29, 0.717) is 18.4 Å². The third-order valence-electron chi connectivity index (χ3n) is 9.19. The van der Waals surface area contributed by atoms with Gasteiger partial charge in [0.1, 0.15) is 40.1 Å². The maximum absolute atomic E-state index is 14.6. The monoisotopic (exact) mass is 866 g/mol. The number of benzene rings is 2. The van der Waals surface area contributed by atoms with Crippen molar-refractivity contribution in [3.8, 4) is 23.0 Å². The Labute approximate surface area is 358 Å². The number of carbonyl (C=O) groups excluding carboxylic acids is 4. The number of fused-ring (bicyclic) bond motifs is 2. The van der Waals surface area contributed by atoms with E-state index in [1.54, 1.807) is 0 Å². The third kappa shape index (κ3) is 14.1. The van der Waals surface area contributed by atoms with Gasteiger partial charge in [-0.1, -0.05) is 23.3 Å². The van der Waals surface area contributed by atoms with Crippen LogP contribution >= 0.6 is 0 Å². The Balaban J connectivity index is 2.10. The molecule has 2 aromatic carbocycles. The highest BCUT2D eigenvalue weighted by molar-refractivity contribution is 5.98. The van der Waals surface area contributed by atoms with E-state index < -0.39 is 60.2 Å². The minimum absolute atomic E-state index is 0.0184. The zero-order valence-electron chi connectivity index (χ0n) is 36.2. The summed E-state index contributed by atoms with van der Waals surface area (Å²) in [6.07, 6.45) is 5.02. The highest BCUT2D eigenvalue weighted by Crippen LogP contribution is 2.41. The number of ether oxygens (including phenoxy) is 5. The number of nitrogens with zero attached hydrogens (tertiary/aromatic N) is 2. The van der Waals surface area contributed by atoms with Crippen molar-refractivity contribution < 1.29 is 52.4 Å². The van der Waals surface area contributed by atoms with Gasteiger partial charge in [0.2, 0.25) is 5.43 Å². The Kier molecular flexibility index (Phi) is 18.9. The predicted octanol–water partition coefficient (Wildman–Crippen LogP) is 1.86. The number of methoxy groups -OCH3 is 3. The molecule has 338 valence electrons. The first-order chi connectivity index (χ1) is 29.4. The maximum Gasteiger partial charge on any atom is 0.328 e. The number of hydrogen-bond donors (Lipinski definition) is 7. The number of aliphatic imine (C=N–C) groups is 2. The molecule has 2 amide bonds. The van der Waals surface area contributed by atoms with E-state index in [4.69, 9.17) is 51.0 Å². The van der Waals surface area contributed by atoms with Crippen LogP contribution in [0.15, 0.2) is 54.6 Å². The molecule has 20 heteroatoms. The zero-order valence-corrected chi connectivity index (χ0v) is 36.2. The summed E-state index contributed by atoms with van der Waals surface area (Å²) in [4.78, 5) is 73.5. The maximum atomic E-state index is 14.6. The minimum atomic E-state index is -1.03. The number of aromatic hydroxyl groups is 1. The first kappa shape index (κ1) is 49.4. The number of carbonyl (C=O) groups is 4. The number of nitrogens with one attached hydrogen (secondary N) is 2. The molecule has 20 nitrogen and oxygen atoms in total. The van der Waals surface area contributed by atoms with E-state index in [0.717, 1.165) is 11.1 Å². The molecule has 0 unspecified atom stereocenters. The van der Waals surface area contributed by atoms with Crippen LogP contribution in [0.25, 0.3) is 21.9 Å². The van der Waals surface area contributed by atoms with Gasteiger partial charge >= 0.3 is 11.9 Å². The molecule has 11 N–H and O–H groups in total. The molecule has 0 spiro atoms. The normalized spacial score (nSPS) is 11.7. The summed E-state index contributed by atoms with van der Waals surface area (Å²) in [5.41, 5.74) is 23.2. The number of allylic oxidation sites excluding steroid dienone is 4. The lowest BCUT2D eigenvalue weighted by Gasteiger charge is -2.19. The van der Waals surface area contributed by atoms with Crippen molar-refractivity contribution in [1.82, 2.24) is 10.6 Å². The summed E-state index contributed by atoms with van der Waals surface area (Å²) in [7, 11) is 3.76. The molecule has 2 atom stereocenters. The highest BCUT2D eigenvalue weighted by atomic mass is 16.5. The minimum Gasteiger partial charge on any atom is -0.507 e. The molecule has 0 saturated heterocycles. The number of hydrogen-bond acceptors (Lipinski definition) is 14. The fourth-order valence-electron chi connectivity index (χ4n) is 6.22. The summed E-state index contributed by atoms with van der Waals surface area (Å²) in [6, 6.07) is 0.720. The molecule has 62 heavy (non-hydrogen) atoms. The second-order valence-corrected chi connectivity index (χ2v) is 14.5. The molecule has 0 saturated carbocycles. The average Bonchev–Trinajstić information content (AvgIpc) is 3.21. The second kappa shape index (κ2) is 23.7. The van der Waals surface area contributed by atoms with E-state index in [1.165, 1.54) is 33.5 Å². The molecule has 1 heterocycles. The van der Waals surface area contributed by atoms with Gasteiger partial charge in [-0.05, 0) is 66.2 Å². The van der Waals surface area contributed by atoms with E-state index in [2.05, 4.69) is 20.6 Å². The third-order valence-corrected chi connectivity index (χ3v) is 9.19. The molecule has 0 bridgehead atoms.